The average Bonchev–Trinajstić information content (AvgIpc) is 2.64. The molecule has 0 saturated heterocycles. The topological polar surface area (TPSA) is 74.6 Å². The summed E-state index contributed by atoms with van der Waals surface area (Å²) in [6.45, 7) is 0. The van der Waals surface area contributed by atoms with Crippen LogP contribution < -0.4 is 0 Å². The zero-order valence-corrected chi connectivity index (χ0v) is 13.8. The lowest BCUT2D eigenvalue weighted by molar-refractivity contribution is -0.419. The number of carboxylic acid groups (broad SMARTS) is 2. The summed E-state index contributed by atoms with van der Waals surface area (Å²) in [5, 5.41) is 15.6. The second kappa shape index (κ2) is 8.01. The highest BCUT2D eigenvalue weighted by atomic mass is 19.4. The van der Waals surface area contributed by atoms with E-state index in [9.17, 15) is 79.8 Å². The first-order valence-electron chi connectivity index (χ1n) is 6.63. The van der Waals surface area contributed by atoms with E-state index in [2.05, 4.69) is 0 Å². The van der Waals surface area contributed by atoms with Crippen molar-refractivity contribution in [3.8, 4) is 0 Å². The number of hydrogen-bond donors (Lipinski definition) is 2. The highest BCUT2D eigenvalue weighted by molar-refractivity contribution is 5.85. The van der Waals surface area contributed by atoms with Gasteiger partial charge in [-0.25, -0.2) is 18.4 Å². The molecule has 0 aromatic carbocycles. The van der Waals surface area contributed by atoms with Crippen LogP contribution in [0.25, 0.3) is 0 Å². The molecule has 0 radical (unpaired) electrons. The van der Waals surface area contributed by atoms with Crippen molar-refractivity contribution in [2.75, 3.05) is 0 Å². The van der Waals surface area contributed by atoms with E-state index in [4.69, 9.17) is 10.2 Å². The summed E-state index contributed by atoms with van der Waals surface area (Å²) in [7, 11) is 0. The Hall–Kier alpha value is -2.70. The van der Waals surface area contributed by atoms with Gasteiger partial charge in [0.1, 0.15) is 0 Å². The third kappa shape index (κ3) is 3.82. The SMILES string of the molecule is O=C(O)C(F)=C(F)C(F)(F)C(F)(F)C(F)(F)C(F)(F)C(F)(F)C(F)(F)C(F)=C(F)C(=O)O. The van der Waals surface area contributed by atoms with Crippen molar-refractivity contribution in [2.45, 2.75) is 35.5 Å². The van der Waals surface area contributed by atoms with Crippen LogP contribution in [-0.2, 0) is 9.59 Å². The third-order valence-electron chi connectivity index (χ3n) is 3.28. The van der Waals surface area contributed by atoms with E-state index in [1.807, 2.05) is 0 Å². The van der Waals surface area contributed by atoms with E-state index < -0.39 is 70.8 Å². The van der Waals surface area contributed by atoms with Gasteiger partial charge in [0.2, 0.25) is 23.3 Å². The molecule has 0 bridgehead atoms. The number of hydrogen-bond acceptors (Lipinski definition) is 2. The molecule has 0 heterocycles. The number of carboxylic acids is 2. The number of halogens is 16. The molecular weight excluding hydrogens is 512 g/mol. The van der Waals surface area contributed by atoms with Gasteiger partial charge >= 0.3 is 47.5 Å². The van der Waals surface area contributed by atoms with Crippen LogP contribution in [0.1, 0.15) is 0 Å². The Balaban J connectivity index is 6.98. The molecule has 0 amide bonds. The predicted molar refractivity (Wildman–Crippen MR) is 63.4 cm³/mol. The third-order valence-corrected chi connectivity index (χ3v) is 3.28. The molecule has 0 atom stereocenters. The highest BCUT2D eigenvalue weighted by Gasteiger charge is 2.91. The fourth-order valence-electron chi connectivity index (χ4n) is 1.53. The van der Waals surface area contributed by atoms with Crippen molar-refractivity contribution < 1.29 is 90.0 Å². The number of alkyl halides is 12. The summed E-state index contributed by atoms with van der Waals surface area (Å²) in [6, 6.07) is 0. The molecule has 0 unspecified atom stereocenters. The normalized spacial score (nSPS) is 16.4. The van der Waals surface area contributed by atoms with Gasteiger partial charge in [-0.1, -0.05) is 0 Å². The maximum absolute atomic E-state index is 13.3. The van der Waals surface area contributed by atoms with Gasteiger partial charge < -0.3 is 10.2 Å². The summed E-state index contributed by atoms with van der Waals surface area (Å²) < 4.78 is 210. The molecule has 0 saturated carbocycles. The first-order chi connectivity index (χ1) is 13.8. The molecule has 0 fully saturated rings. The minimum absolute atomic E-state index is 3.53. The van der Waals surface area contributed by atoms with Gasteiger partial charge in [0.25, 0.3) is 0 Å². The van der Waals surface area contributed by atoms with Crippen molar-refractivity contribution in [3.63, 3.8) is 0 Å². The number of allylic oxidation sites excluding steroid dienone is 2. The summed E-state index contributed by atoms with van der Waals surface area (Å²) in [6.07, 6.45) is 0. The monoisotopic (exact) mass is 514 g/mol. The van der Waals surface area contributed by atoms with Crippen molar-refractivity contribution in [3.05, 3.63) is 23.3 Å². The Morgan fingerprint density at radius 3 is 0.781 bits per heavy atom. The van der Waals surface area contributed by atoms with E-state index in [0.29, 0.717) is 0 Å². The Morgan fingerprint density at radius 2 is 0.625 bits per heavy atom. The van der Waals surface area contributed by atoms with Crippen LogP contribution in [0.4, 0.5) is 70.2 Å². The molecule has 0 aromatic rings. The smallest absolute Gasteiger partial charge is 0.385 e. The van der Waals surface area contributed by atoms with Gasteiger partial charge in [0.05, 0.1) is 0 Å². The largest absolute Gasteiger partial charge is 0.476 e. The molecule has 32 heavy (non-hydrogen) atoms. The molecule has 0 aliphatic carbocycles. The molecule has 0 rings (SSSR count). The summed E-state index contributed by atoms with van der Waals surface area (Å²) >= 11 is 0. The lowest BCUT2D eigenvalue weighted by Crippen LogP contribution is -2.70. The van der Waals surface area contributed by atoms with Crippen molar-refractivity contribution in [2.24, 2.45) is 0 Å². The Labute approximate surface area is 162 Å². The van der Waals surface area contributed by atoms with Gasteiger partial charge in [-0.3, -0.25) is 0 Å². The van der Waals surface area contributed by atoms with Gasteiger partial charge in [-0.05, 0) is 0 Å². The predicted octanol–water partition coefficient (Wildman–Crippen LogP) is 5.27. The second-order valence-corrected chi connectivity index (χ2v) is 5.31. The molecule has 4 nitrogen and oxygen atoms in total. The summed E-state index contributed by atoms with van der Waals surface area (Å²) in [5.74, 6) is -74.0. The molecule has 186 valence electrons. The van der Waals surface area contributed by atoms with E-state index in [1.54, 1.807) is 0 Å². The average molecular weight is 514 g/mol. The maximum atomic E-state index is 13.3. The lowest BCUT2D eigenvalue weighted by Gasteiger charge is -2.40. The number of carbonyl (C=O) groups is 2. The van der Waals surface area contributed by atoms with Crippen LogP contribution in [-0.4, -0.2) is 57.7 Å². The van der Waals surface area contributed by atoms with Crippen LogP contribution in [0.3, 0.4) is 0 Å². The Bertz CT molecular complexity index is 785. The Morgan fingerprint density at radius 1 is 0.438 bits per heavy atom. The summed E-state index contributed by atoms with van der Waals surface area (Å²) in [4.78, 5) is 19.8. The first kappa shape index (κ1) is 29.3. The molecule has 20 heteroatoms. The second-order valence-electron chi connectivity index (χ2n) is 5.31. The van der Waals surface area contributed by atoms with E-state index in [0.717, 1.165) is 0 Å². The van der Waals surface area contributed by atoms with Crippen LogP contribution in [0, 0.1) is 0 Å². The van der Waals surface area contributed by atoms with Gasteiger partial charge in [0, 0.05) is 0 Å². The molecule has 0 aromatic heterocycles. The van der Waals surface area contributed by atoms with Crippen molar-refractivity contribution >= 4 is 11.9 Å². The van der Waals surface area contributed by atoms with Crippen LogP contribution >= 0.6 is 0 Å². The minimum atomic E-state index is -8.60. The Kier molecular flexibility index (Phi) is 7.34. The fourth-order valence-corrected chi connectivity index (χ4v) is 1.53. The highest BCUT2D eigenvalue weighted by Crippen LogP contribution is 2.62. The maximum Gasteiger partial charge on any atom is 0.385 e. The molecule has 0 spiro atoms. The van der Waals surface area contributed by atoms with E-state index >= 15 is 0 Å². The number of aliphatic carboxylic acids is 2. The van der Waals surface area contributed by atoms with E-state index in [-0.39, 0.29) is 0 Å². The van der Waals surface area contributed by atoms with Crippen LogP contribution in [0.5, 0.6) is 0 Å². The van der Waals surface area contributed by atoms with Gasteiger partial charge in [0.15, 0.2) is 0 Å². The fraction of sp³-hybridized carbons (Fsp3) is 0.500. The van der Waals surface area contributed by atoms with Gasteiger partial charge in [-0.2, -0.15) is 61.5 Å². The first-order valence-corrected chi connectivity index (χ1v) is 6.63. The molecular formula is C12H2F16O4. The van der Waals surface area contributed by atoms with Crippen molar-refractivity contribution in [1.82, 2.24) is 0 Å². The lowest BCUT2D eigenvalue weighted by atomic mass is 9.90. The quantitative estimate of drug-likeness (QED) is 0.325. The zero-order valence-electron chi connectivity index (χ0n) is 13.8. The van der Waals surface area contributed by atoms with Crippen molar-refractivity contribution in [1.29, 1.82) is 0 Å². The summed E-state index contributed by atoms with van der Waals surface area (Å²) in [5.41, 5.74) is 0. The number of rotatable bonds is 9. The standard InChI is InChI=1S/C12H2F16O4/c13-1(5(29)30)3(15)7(17,18)9(21,22)11(25,26)12(27,28)10(23,24)8(19,20)4(16)2(14)6(31)32/h(H,29,30)(H,31,32). The molecule has 0 aliphatic rings. The van der Waals surface area contributed by atoms with Crippen LogP contribution in [0.2, 0.25) is 0 Å². The van der Waals surface area contributed by atoms with E-state index in [1.165, 1.54) is 0 Å². The minimum Gasteiger partial charge on any atom is -0.476 e. The van der Waals surface area contributed by atoms with Gasteiger partial charge in [-0.15, -0.1) is 0 Å². The van der Waals surface area contributed by atoms with Crippen LogP contribution in [0.15, 0.2) is 23.3 Å². The zero-order chi connectivity index (χ0) is 26.5. The molecule has 2 N–H and O–H groups in total. The molecule has 0 aliphatic heterocycles.